The Morgan fingerprint density at radius 3 is 2.89 bits per heavy atom. The Hall–Kier alpha value is -1.36. The Morgan fingerprint density at radius 2 is 2.26 bits per heavy atom. The molecular formula is C14H24N4O. The highest BCUT2D eigenvalue weighted by Crippen LogP contribution is 2.23. The second-order valence-corrected chi connectivity index (χ2v) is 5.34. The van der Waals surface area contributed by atoms with Gasteiger partial charge in [0.25, 0.3) is 5.56 Å². The van der Waals surface area contributed by atoms with E-state index in [1.54, 1.807) is 6.07 Å². The number of anilines is 1. The molecule has 0 bridgehead atoms. The zero-order valence-electron chi connectivity index (χ0n) is 11.9. The summed E-state index contributed by atoms with van der Waals surface area (Å²) in [4.78, 5) is 20.3. The van der Waals surface area contributed by atoms with E-state index in [4.69, 9.17) is 0 Å². The fraction of sp³-hybridized carbons (Fsp3) is 0.714. The summed E-state index contributed by atoms with van der Waals surface area (Å²) in [5.41, 5.74) is -0.0786. The Bertz CT molecular complexity index is 437. The molecule has 106 valence electrons. The standard InChI is InChI=1S/C14H24N4O/c1-3-6-15-11(2)12-4-7-18(8-5-12)13-9-14(19)17-10-16-13/h9-12,15H,3-8H2,1-2H3,(H,16,17,19). The van der Waals surface area contributed by atoms with Gasteiger partial charge < -0.3 is 15.2 Å². The van der Waals surface area contributed by atoms with Crippen molar-refractivity contribution in [3.63, 3.8) is 0 Å². The van der Waals surface area contributed by atoms with Crippen molar-refractivity contribution in [3.05, 3.63) is 22.7 Å². The summed E-state index contributed by atoms with van der Waals surface area (Å²) in [6, 6.07) is 2.16. The number of H-pyrrole nitrogens is 1. The highest BCUT2D eigenvalue weighted by molar-refractivity contribution is 5.36. The number of hydrogen-bond donors (Lipinski definition) is 2. The summed E-state index contributed by atoms with van der Waals surface area (Å²) in [6.07, 6.45) is 4.98. The molecule has 1 aromatic heterocycles. The van der Waals surface area contributed by atoms with Gasteiger partial charge in [-0.05, 0) is 38.6 Å². The molecule has 5 heteroatoms. The van der Waals surface area contributed by atoms with Crippen LogP contribution in [0.15, 0.2) is 17.2 Å². The quantitative estimate of drug-likeness (QED) is 0.843. The maximum atomic E-state index is 11.3. The van der Waals surface area contributed by atoms with Gasteiger partial charge in [-0.3, -0.25) is 4.79 Å². The largest absolute Gasteiger partial charge is 0.356 e. The molecule has 19 heavy (non-hydrogen) atoms. The van der Waals surface area contributed by atoms with Crippen molar-refractivity contribution in [3.8, 4) is 0 Å². The van der Waals surface area contributed by atoms with E-state index in [1.807, 2.05) is 0 Å². The minimum atomic E-state index is -0.0786. The third kappa shape index (κ3) is 3.80. The van der Waals surface area contributed by atoms with Gasteiger partial charge in [0.15, 0.2) is 0 Å². The highest BCUT2D eigenvalue weighted by Gasteiger charge is 2.24. The summed E-state index contributed by atoms with van der Waals surface area (Å²) in [7, 11) is 0. The van der Waals surface area contributed by atoms with Crippen LogP contribution in [0.3, 0.4) is 0 Å². The molecule has 0 radical (unpaired) electrons. The Balaban J connectivity index is 1.87. The smallest absolute Gasteiger partial charge is 0.252 e. The van der Waals surface area contributed by atoms with Crippen LogP contribution in [0.25, 0.3) is 0 Å². The SMILES string of the molecule is CCCNC(C)C1CCN(c2cc(=O)[nH]cn2)CC1. The molecule has 1 saturated heterocycles. The molecule has 1 aromatic rings. The summed E-state index contributed by atoms with van der Waals surface area (Å²) in [5.74, 6) is 1.53. The average molecular weight is 264 g/mol. The number of nitrogens with zero attached hydrogens (tertiary/aromatic N) is 2. The molecule has 2 heterocycles. The molecular weight excluding hydrogens is 240 g/mol. The van der Waals surface area contributed by atoms with Crippen LogP contribution in [0.1, 0.15) is 33.1 Å². The predicted molar refractivity (Wildman–Crippen MR) is 77.6 cm³/mol. The number of hydrogen-bond acceptors (Lipinski definition) is 4. The zero-order valence-corrected chi connectivity index (χ0v) is 11.9. The van der Waals surface area contributed by atoms with Gasteiger partial charge in [-0.1, -0.05) is 6.92 Å². The van der Waals surface area contributed by atoms with Crippen LogP contribution in [0.2, 0.25) is 0 Å². The Kier molecular flexibility index (Phi) is 4.96. The molecule has 0 saturated carbocycles. The Labute approximate surface area is 114 Å². The van der Waals surface area contributed by atoms with Crippen molar-refractivity contribution in [2.45, 2.75) is 39.2 Å². The minimum Gasteiger partial charge on any atom is -0.356 e. The first-order valence-electron chi connectivity index (χ1n) is 7.23. The predicted octanol–water partition coefficient (Wildman–Crippen LogP) is 1.37. The summed E-state index contributed by atoms with van der Waals surface area (Å²) < 4.78 is 0. The average Bonchev–Trinajstić information content (AvgIpc) is 2.45. The molecule has 0 aliphatic carbocycles. The lowest BCUT2D eigenvalue weighted by Crippen LogP contribution is -2.42. The minimum absolute atomic E-state index is 0.0786. The van der Waals surface area contributed by atoms with Gasteiger partial charge in [-0.2, -0.15) is 0 Å². The van der Waals surface area contributed by atoms with Gasteiger partial charge in [0.1, 0.15) is 5.82 Å². The van der Waals surface area contributed by atoms with Crippen LogP contribution in [0, 0.1) is 5.92 Å². The summed E-state index contributed by atoms with van der Waals surface area (Å²) in [6.45, 7) is 7.54. The van der Waals surface area contributed by atoms with Crippen LogP contribution < -0.4 is 15.8 Å². The number of nitrogens with one attached hydrogen (secondary N) is 2. The van der Waals surface area contributed by atoms with E-state index in [1.165, 1.54) is 12.7 Å². The molecule has 0 spiro atoms. The molecule has 1 unspecified atom stereocenters. The molecule has 1 fully saturated rings. The van der Waals surface area contributed by atoms with Gasteiger partial charge in [-0.25, -0.2) is 4.98 Å². The monoisotopic (exact) mass is 264 g/mol. The Morgan fingerprint density at radius 1 is 1.53 bits per heavy atom. The number of aromatic nitrogens is 2. The third-order valence-corrected chi connectivity index (χ3v) is 3.95. The maximum Gasteiger partial charge on any atom is 0.252 e. The molecule has 0 aromatic carbocycles. The van der Waals surface area contributed by atoms with E-state index >= 15 is 0 Å². The molecule has 2 N–H and O–H groups in total. The first-order valence-corrected chi connectivity index (χ1v) is 7.23. The van der Waals surface area contributed by atoms with E-state index in [2.05, 4.69) is 34.0 Å². The normalized spacial score (nSPS) is 18.5. The first kappa shape index (κ1) is 14.1. The number of aromatic amines is 1. The molecule has 2 rings (SSSR count). The van der Waals surface area contributed by atoms with Crippen LogP contribution in [-0.4, -0.2) is 35.6 Å². The molecule has 1 aliphatic rings. The maximum absolute atomic E-state index is 11.3. The van der Waals surface area contributed by atoms with E-state index < -0.39 is 0 Å². The zero-order chi connectivity index (χ0) is 13.7. The van der Waals surface area contributed by atoms with E-state index in [9.17, 15) is 4.79 Å². The summed E-state index contributed by atoms with van der Waals surface area (Å²) >= 11 is 0. The highest BCUT2D eigenvalue weighted by atomic mass is 16.1. The lowest BCUT2D eigenvalue weighted by atomic mass is 9.90. The fourth-order valence-corrected chi connectivity index (χ4v) is 2.70. The van der Waals surface area contributed by atoms with Gasteiger partial charge in [-0.15, -0.1) is 0 Å². The first-order chi connectivity index (χ1) is 9.20. The van der Waals surface area contributed by atoms with Crippen molar-refractivity contribution in [1.29, 1.82) is 0 Å². The fourth-order valence-electron chi connectivity index (χ4n) is 2.70. The van der Waals surface area contributed by atoms with Crippen molar-refractivity contribution >= 4 is 5.82 Å². The third-order valence-electron chi connectivity index (χ3n) is 3.95. The van der Waals surface area contributed by atoms with Crippen molar-refractivity contribution in [1.82, 2.24) is 15.3 Å². The topological polar surface area (TPSA) is 61.0 Å². The lowest BCUT2D eigenvalue weighted by molar-refractivity contribution is 0.311. The van der Waals surface area contributed by atoms with Crippen LogP contribution in [-0.2, 0) is 0 Å². The second kappa shape index (κ2) is 6.70. The van der Waals surface area contributed by atoms with E-state index in [0.29, 0.717) is 6.04 Å². The number of piperidine rings is 1. The molecule has 0 amide bonds. The van der Waals surface area contributed by atoms with Crippen molar-refractivity contribution in [2.75, 3.05) is 24.5 Å². The van der Waals surface area contributed by atoms with Gasteiger partial charge in [0, 0.05) is 25.2 Å². The van der Waals surface area contributed by atoms with Crippen LogP contribution in [0.5, 0.6) is 0 Å². The molecule has 5 nitrogen and oxygen atoms in total. The van der Waals surface area contributed by atoms with Gasteiger partial charge in [0.2, 0.25) is 0 Å². The van der Waals surface area contributed by atoms with E-state index in [-0.39, 0.29) is 5.56 Å². The van der Waals surface area contributed by atoms with Gasteiger partial charge >= 0.3 is 0 Å². The number of rotatable bonds is 5. The summed E-state index contributed by atoms with van der Waals surface area (Å²) in [5, 5.41) is 3.58. The second-order valence-electron chi connectivity index (χ2n) is 5.34. The van der Waals surface area contributed by atoms with E-state index in [0.717, 1.165) is 44.2 Å². The van der Waals surface area contributed by atoms with Crippen molar-refractivity contribution in [2.24, 2.45) is 5.92 Å². The molecule has 1 atom stereocenters. The van der Waals surface area contributed by atoms with Gasteiger partial charge in [0.05, 0.1) is 6.33 Å². The van der Waals surface area contributed by atoms with Crippen LogP contribution in [0.4, 0.5) is 5.82 Å². The van der Waals surface area contributed by atoms with Crippen LogP contribution >= 0.6 is 0 Å². The molecule has 1 aliphatic heterocycles. The lowest BCUT2D eigenvalue weighted by Gasteiger charge is -2.35. The van der Waals surface area contributed by atoms with Crippen molar-refractivity contribution < 1.29 is 0 Å².